The summed E-state index contributed by atoms with van der Waals surface area (Å²) in [7, 11) is 5.40. The number of nitrogens with one attached hydrogen (secondary N) is 1. The van der Waals surface area contributed by atoms with Gasteiger partial charge < -0.3 is 35.3 Å². The molecule has 38 heavy (non-hydrogen) atoms. The third-order valence-electron chi connectivity index (χ3n) is 7.86. The molecule has 0 aromatic heterocycles. The van der Waals surface area contributed by atoms with Gasteiger partial charge in [0.1, 0.15) is 0 Å². The van der Waals surface area contributed by atoms with Gasteiger partial charge in [0.2, 0.25) is 5.91 Å². The van der Waals surface area contributed by atoms with Crippen molar-refractivity contribution in [2.45, 2.75) is 78.0 Å². The third-order valence-corrected chi connectivity index (χ3v) is 7.86. The molecule has 0 bridgehead atoms. The van der Waals surface area contributed by atoms with Crippen molar-refractivity contribution < 1.29 is 24.1 Å². The number of nitrogens with two attached hydrogens (primary N) is 1. The lowest BCUT2D eigenvalue weighted by Gasteiger charge is -2.30. The Bertz CT molecular complexity index is 834. The SMILES string of the molecule is COCCCOc1cc(C[C@@H](C[C@H](N)[C@@H](O)C[C@H](C(=O)NC2CCN(C)C2)C(C)C)C(C)C)ccc1OC. The summed E-state index contributed by atoms with van der Waals surface area (Å²) in [6.07, 6.45) is 2.90. The van der Waals surface area contributed by atoms with Crippen LogP contribution in [0.25, 0.3) is 0 Å². The molecule has 1 aromatic rings. The first-order valence-corrected chi connectivity index (χ1v) is 14.3. The topological polar surface area (TPSA) is 106 Å². The number of methoxy groups -OCH3 is 2. The Balaban J connectivity index is 2.00. The first kappa shape index (κ1) is 32.3. The van der Waals surface area contributed by atoms with Gasteiger partial charge in [-0.3, -0.25) is 4.79 Å². The van der Waals surface area contributed by atoms with Gasteiger partial charge in [-0.25, -0.2) is 0 Å². The van der Waals surface area contributed by atoms with E-state index < -0.39 is 12.1 Å². The molecule has 8 nitrogen and oxygen atoms in total. The highest BCUT2D eigenvalue weighted by atomic mass is 16.5. The van der Waals surface area contributed by atoms with Crippen LogP contribution in [0.2, 0.25) is 0 Å². The van der Waals surface area contributed by atoms with Crippen LogP contribution >= 0.6 is 0 Å². The summed E-state index contributed by atoms with van der Waals surface area (Å²) in [6.45, 7) is 11.5. The maximum Gasteiger partial charge on any atom is 0.223 e. The molecule has 1 heterocycles. The monoisotopic (exact) mass is 535 g/mol. The minimum Gasteiger partial charge on any atom is -0.493 e. The van der Waals surface area contributed by atoms with E-state index >= 15 is 0 Å². The number of carbonyl (C=O) groups excluding carboxylic acids is 1. The molecule has 0 radical (unpaired) electrons. The van der Waals surface area contributed by atoms with Crippen molar-refractivity contribution in [3.05, 3.63) is 23.8 Å². The van der Waals surface area contributed by atoms with E-state index in [9.17, 15) is 9.90 Å². The molecule has 1 amide bonds. The van der Waals surface area contributed by atoms with Crippen molar-refractivity contribution in [2.75, 3.05) is 47.6 Å². The highest BCUT2D eigenvalue weighted by Gasteiger charge is 2.31. The summed E-state index contributed by atoms with van der Waals surface area (Å²) >= 11 is 0. The average Bonchev–Trinajstić information content (AvgIpc) is 3.28. The van der Waals surface area contributed by atoms with Crippen LogP contribution in [0.4, 0.5) is 0 Å². The summed E-state index contributed by atoms with van der Waals surface area (Å²) < 4.78 is 16.6. The summed E-state index contributed by atoms with van der Waals surface area (Å²) in [5.41, 5.74) is 7.71. The fraction of sp³-hybridized carbons (Fsp3) is 0.767. The summed E-state index contributed by atoms with van der Waals surface area (Å²) in [6, 6.07) is 5.84. The molecule has 1 aliphatic heterocycles. The summed E-state index contributed by atoms with van der Waals surface area (Å²) in [5.74, 6) is 1.98. The molecule has 2 rings (SSSR count). The minimum atomic E-state index is -0.740. The van der Waals surface area contributed by atoms with E-state index in [1.165, 1.54) is 0 Å². The van der Waals surface area contributed by atoms with Gasteiger partial charge in [0.25, 0.3) is 0 Å². The standard InChI is InChI=1S/C30H53N3O5/c1-20(2)23(15-22-9-10-28(37-7)29(16-22)38-14-8-13-36-6)17-26(31)27(34)18-25(21(3)4)30(35)32-24-11-12-33(5)19-24/h9-10,16,20-21,23-27,34H,8,11-15,17-19,31H2,1-7H3,(H,32,35)/t23-,24?,25-,26-,27-/m0/s1. The normalized spacial score (nSPS) is 19.4. The van der Waals surface area contributed by atoms with E-state index in [2.05, 4.69) is 37.2 Å². The molecule has 4 N–H and O–H groups in total. The first-order valence-electron chi connectivity index (χ1n) is 14.3. The molecule has 218 valence electrons. The molecule has 0 spiro atoms. The minimum absolute atomic E-state index is 0.0308. The molecule has 5 atom stereocenters. The number of hydrogen-bond donors (Lipinski definition) is 3. The second kappa shape index (κ2) is 16.3. The second-order valence-electron chi connectivity index (χ2n) is 11.7. The number of likely N-dealkylation sites (tertiary alicyclic amines) is 1. The number of amides is 1. The third kappa shape index (κ3) is 10.4. The van der Waals surface area contributed by atoms with E-state index in [0.29, 0.717) is 37.7 Å². The molecular formula is C30H53N3O5. The molecule has 1 unspecified atom stereocenters. The lowest BCUT2D eigenvalue weighted by atomic mass is 9.80. The number of benzene rings is 1. The van der Waals surface area contributed by atoms with Crippen LogP contribution in [-0.4, -0.2) is 81.7 Å². The van der Waals surface area contributed by atoms with Gasteiger partial charge in [-0.1, -0.05) is 33.8 Å². The highest BCUT2D eigenvalue weighted by Crippen LogP contribution is 2.32. The fourth-order valence-corrected chi connectivity index (χ4v) is 5.22. The molecule has 1 aromatic carbocycles. The number of carbonyl (C=O) groups is 1. The van der Waals surface area contributed by atoms with Crippen molar-refractivity contribution >= 4 is 5.91 Å². The fourth-order valence-electron chi connectivity index (χ4n) is 5.22. The Morgan fingerprint density at radius 1 is 1.13 bits per heavy atom. The van der Waals surface area contributed by atoms with E-state index in [4.69, 9.17) is 19.9 Å². The average molecular weight is 536 g/mol. The first-order chi connectivity index (χ1) is 18.0. The summed E-state index contributed by atoms with van der Waals surface area (Å²) in [4.78, 5) is 15.3. The van der Waals surface area contributed by atoms with Gasteiger partial charge in [-0.05, 0) is 74.7 Å². The van der Waals surface area contributed by atoms with E-state index in [0.717, 1.165) is 43.7 Å². The van der Waals surface area contributed by atoms with Crippen LogP contribution in [0.3, 0.4) is 0 Å². The number of nitrogens with zero attached hydrogens (tertiary/aromatic N) is 1. The van der Waals surface area contributed by atoms with Crippen LogP contribution in [0.5, 0.6) is 11.5 Å². The number of likely N-dealkylation sites (N-methyl/N-ethyl adjacent to an activating group) is 1. The zero-order valence-electron chi connectivity index (χ0n) is 24.7. The maximum absolute atomic E-state index is 13.1. The zero-order valence-corrected chi connectivity index (χ0v) is 24.7. The predicted molar refractivity (Wildman–Crippen MR) is 153 cm³/mol. The molecule has 8 heteroatoms. The van der Waals surface area contributed by atoms with Crippen LogP contribution < -0.4 is 20.5 Å². The molecule has 1 fully saturated rings. The number of ether oxygens (including phenoxy) is 3. The van der Waals surface area contributed by atoms with Crippen molar-refractivity contribution in [1.29, 1.82) is 0 Å². The number of aliphatic hydroxyl groups is 1. The molecule has 0 saturated carbocycles. The van der Waals surface area contributed by atoms with Crippen molar-refractivity contribution in [2.24, 2.45) is 29.4 Å². The second-order valence-corrected chi connectivity index (χ2v) is 11.7. The molecule has 1 saturated heterocycles. The molecule has 1 aliphatic rings. The molecule has 0 aliphatic carbocycles. The largest absolute Gasteiger partial charge is 0.493 e. The maximum atomic E-state index is 13.1. The lowest BCUT2D eigenvalue weighted by Crippen LogP contribution is -2.45. The van der Waals surface area contributed by atoms with Gasteiger partial charge in [0.15, 0.2) is 11.5 Å². The van der Waals surface area contributed by atoms with E-state index in [1.807, 2.05) is 26.0 Å². The van der Waals surface area contributed by atoms with Gasteiger partial charge in [0.05, 0.1) is 19.8 Å². The quantitative estimate of drug-likeness (QED) is 0.262. The zero-order chi connectivity index (χ0) is 28.2. The predicted octanol–water partition coefficient (Wildman–Crippen LogP) is 3.49. The van der Waals surface area contributed by atoms with E-state index in [1.54, 1.807) is 14.2 Å². The van der Waals surface area contributed by atoms with Gasteiger partial charge in [0, 0.05) is 44.7 Å². The van der Waals surface area contributed by atoms with Crippen LogP contribution in [0.15, 0.2) is 18.2 Å². The number of rotatable bonds is 17. The Kier molecular flexibility index (Phi) is 13.9. The van der Waals surface area contributed by atoms with Crippen LogP contribution in [0, 0.1) is 23.7 Å². The Morgan fingerprint density at radius 2 is 1.87 bits per heavy atom. The van der Waals surface area contributed by atoms with Crippen molar-refractivity contribution in [3.8, 4) is 11.5 Å². The van der Waals surface area contributed by atoms with Crippen molar-refractivity contribution in [1.82, 2.24) is 10.2 Å². The van der Waals surface area contributed by atoms with Crippen molar-refractivity contribution in [3.63, 3.8) is 0 Å². The van der Waals surface area contributed by atoms with E-state index in [-0.39, 0.29) is 29.7 Å². The van der Waals surface area contributed by atoms with Gasteiger partial charge >= 0.3 is 0 Å². The van der Waals surface area contributed by atoms with Crippen LogP contribution in [0.1, 0.15) is 58.9 Å². The lowest BCUT2D eigenvalue weighted by molar-refractivity contribution is -0.128. The van der Waals surface area contributed by atoms with Gasteiger partial charge in [-0.2, -0.15) is 0 Å². The van der Waals surface area contributed by atoms with Gasteiger partial charge in [-0.15, -0.1) is 0 Å². The molecular weight excluding hydrogens is 482 g/mol. The Hall–Kier alpha value is -1.87. The number of aliphatic hydroxyl groups excluding tert-OH is 1. The Morgan fingerprint density at radius 3 is 2.45 bits per heavy atom. The summed E-state index contributed by atoms with van der Waals surface area (Å²) in [5, 5.41) is 14.3. The smallest absolute Gasteiger partial charge is 0.223 e. The Labute approximate surface area is 230 Å². The number of hydrogen-bond acceptors (Lipinski definition) is 7. The highest BCUT2D eigenvalue weighted by molar-refractivity contribution is 5.79. The van der Waals surface area contributed by atoms with Crippen LogP contribution in [-0.2, 0) is 16.0 Å².